The third-order valence-electron chi connectivity index (χ3n) is 8.17. The molecule has 216 valence electrons. The number of halogens is 1. The van der Waals surface area contributed by atoms with E-state index in [9.17, 15) is 19.2 Å². The molecule has 2 aromatic heterocycles. The number of rotatable bonds is 8. The number of carbonyl (C=O) groups excluding carboxylic acids is 1. The summed E-state index contributed by atoms with van der Waals surface area (Å²) in [7, 11) is 1.90. The molecule has 1 saturated carbocycles. The van der Waals surface area contributed by atoms with Gasteiger partial charge in [0.05, 0.1) is 12.3 Å². The summed E-state index contributed by atoms with van der Waals surface area (Å²) in [5.74, 6) is -0.175. The van der Waals surface area contributed by atoms with Crippen molar-refractivity contribution in [3.05, 3.63) is 69.7 Å². The molecule has 2 aliphatic rings. The molecule has 1 saturated heterocycles. The zero-order valence-electron chi connectivity index (χ0n) is 23.7. The third-order valence-corrected chi connectivity index (χ3v) is 9.21. The smallest absolute Gasteiger partial charge is 0.306 e. The molecule has 0 bridgehead atoms. The van der Waals surface area contributed by atoms with E-state index in [1.165, 1.54) is 23.5 Å². The highest BCUT2D eigenvalue weighted by atomic mass is 32.1. The number of fused-ring (bicyclic) bond motifs is 1. The quantitative estimate of drug-likeness (QED) is 0.221. The van der Waals surface area contributed by atoms with Gasteiger partial charge in [-0.2, -0.15) is 5.26 Å². The summed E-state index contributed by atoms with van der Waals surface area (Å²) in [5, 5.41) is 11.9. The molecule has 0 radical (unpaired) electrons. The van der Waals surface area contributed by atoms with Crippen LogP contribution in [0.15, 0.2) is 53.5 Å². The SMILES string of the molecule is CCOC(=O)CC1CCN(c2ccc3c(=O)n(C4CC4)cc(N(C)c4nc(-c5ccc(F)cc5)c(C#N)s4)c3c2)CC1. The average Bonchev–Trinajstić information content (AvgIpc) is 3.75. The maximum atomic E-state index is 13.6. The fraction of sp³-hybridized carbons (Fsp3) is 0.375. The molecule has 2 fully saturated rings. The van der Waals surface area contributed by atoms with Crippen molar-refractivity contribution < 1.29 is 13.9 Å². The van der Waals surface area contributed by atoms with E-state index in [1.807, 2.05) is 41.8 Å². The standard InChI is InChI=1S/C32H32FN5O3S/c1-3-41-29(39)16-20-12-14-37(15-13-20)24-10-11-25-26(17-24)27(19-38(31(25)40)23-8-9-23)36(2)32-35-30(28(18-34)42-32)21-4-6-22(33)7-5-21/h4-7,10-11,17,19-20,23H,3,8-9,12-16H2,1-2H3. The fourth-order valence-electron chi connectivity index (χ4n) is 5.70. The van der Waals surface area contributed by atoms with Gasteiger partial charge in [-0.15, -0.1) is 0 Å². The largest absolute Gasteiger partial charge is 0.466 e. The Morgan fingerprint density at radius 2 is 1.88 bits per heavy atom. The average molecular weight is 586 g/mol. The minimum absolute atomic E-state index is 0.00630. The third kappa shape index (κ3) is 5.49. The number of anilines is 3. The molecule has 4 aromatic rings. The molecule has 42 heavy (non-hydrogen) atoms. The molecule has 1 aliphatic carbocycles. The lowest BCUT2D eigenvalue weighted by Crippen LogP contribution is -2.34. The number of pyridine rings is 1. The number of ether oxygens (including phenoxy) is 1. The van der Waals surface area contributed by atoms with Crippen LogP contribution in [0.2, 0.25) is 0 Å². The van der Waals surface area contributed by atoms with Gasteiger partial charge in [0.2, 0.25) is 0 Å². The van der Waals surface area contributed by atoms with E-state index in [2.05, 4.69) is 17.0 Å². The predicted molar refractivity (Wildman–Crippen MR) is 163 cm³/mol. The van der Waals surface area contributed by atoms with Crippen LogP contribution in [0.1, 0.15) is 49.9 Å². The van der Waals surface area contributed by atoms with Crippen LogP contribution in [0.25, 0.3) is 22.0 Å². The Morgan fingerprint density at radius 1 is 1.14 bits per heavy atom. The van der Waals surface area contributed by atoms with E-state index in [0.29, 0.717) is 45.6 Å². The van der Waals surface area contributed by atoms with Crippen molar-refractivity contribution in [2.75, 3.05) is 36.5 Å². The van der Waals surface area contributed by atoms with Gasteiger partial charge in [-0.3, -0.25) is 9.59 Å². The Labute approximate surface area is 247 Å². The molecule has 0 atom stereocenters. The Morgan fingerprint density at radius 3 is 2.55 bits per heavy atom. The van der Waals surface area contributed by atoms with Crippen LogP contribution in [0.3, 0.4) is 0 Å². The molecule has 8 nitrogen and oxygen atoms in total. The van der Waals surface area contributed by atoms with Crippen molar-refractivity contribution >= 4 is 44.6 Å². The lowest BCUT2D eigenvalue weighted by Gasteiger charge is -2.33. The van der Waals surface area contributed by atoms with Gasteiger partial charge in [0, 0.05) is 60.8 Å². The van der Waals surface area contributed by atoms with E-state index in [-0.39, 0.29) is 23.4 Å². The molecule has 6 rings (SSSR count). The van der Waals surface area contributed by atoms with Crippen molar-refractivity contribution in [2.24, 2.45) is 5.92 Å². The summed E-state index contributed by atoms with van der Waals surface area (Å²) in [4.78, 5) is 35.0. The molecular weight excluding hydrogens is 553 g/mol. The summed E-state index contributed by atoms with van der Waals surface area (Å²) in [6, 6.07) is 14.4. The highest BCUT2D eigenvalue weighted by Gasteiger charge is 2.28. The number of hydrogen-bond donors (Lipinski definition) is 0. The van der Waals surface area contributed by atoms with Crippen LogP contribution >= 0.6 is 11.3 Å². The maximum Gasteiger partial charge on any atom is 0.306 e. The van der Waals surface area contributed by atoms with Crippen LogP contribution in [0.4, 0.5) is 20.9 Å². The van der Waals surface area contributed by atoms with Gasteiger partial charge in [-0.1, -0.05) is 11.3 Å². The molecule has 0 amide bonds. The highest BCUT2D eigenvalue weighted by molar-refractivity contribution is 7.16. The number of nitriles is 1. The van der Waals surface area contributed by atoms with Crippen molar-refractivity contribution in [1.29, 1.82) is 5.26 Å². The predicted octanol–water partition coefficient (Wildman–Crippen LogP) is 6.41. The number of benzene rings is 2. The first-order valence-electron chi connectivity index (χ1n) is 14.4. The number of hydrogen-bond acceptors (Lipinski definition) is 8. The normalized spacial score (nSPS) is 15.5. The van der Waals surface area contributed by atoms with Crippen LogP contribution in [-0.4, -0.2) is 42.3 Å². The van der Waals surface area contributed by atoms with Crippen molar-refractivity contribution in [2.45, 2.75) is 45.1 Å². The number of esters is 1. The van der Waals surface area contributed by atoms with Crippen molar-refractivity contribution in [3.63, 3.8) is 0 Å². The van der Waals surface area contributed by atoms with Crippen LogP contribution in [0, 0.1) is 23.1 Å². The lowest BCUT2D eigenvalue weighted by atomic mass is 9.93. The van der Waals surface area contributed by atoms with Crippen molar-refractivity contribution in [3.8, 4) is 17.3 Å². The van der Waals surface area contributed by atoms with Gasteiger partial charge in [0.1, 0.15) is 22.5 Å². The van der Waals surface area contributed by atoms with E-state index in [0.717, 1.165) is 55.5 Å². The van der Waals surface area contributed by atoms with E-state index < -0.39 is 0 Å². The minimum atomic E-state index is -0.349. The van der Waals surface area contributed by atoms with Gasteiger partial charge in [0.25, 0.3) is 5.56 Å². The van der Waals surface area contributed by atoms with Crippen LogP contribution in [-0.2, 0) is 9.53 Å². The molecule has 1 aliphatic heterocycles. The van der Waals surface area contributed by atoms with Gasteiger partial charge in [0.15, 0.2) is 5.13 Å². The number of aromatic nitrogens is 2. The fourth-order valence-corrected chi connectivity index (χ4v) is 6.56. The van der Waals surface area contributed by atoms with E-state index in [1.54, 1.807) is 12.1 Å². The van der Waals surface area contributed by atoms with Gasteiger partial charge >= 0.3 is 5.97 Å². The summed E-state index contributed by atoms with van der Waals surface area (Å²) in [5.41, 5.74) is 3.03. The number of thiazole rings is 1. The first-order valence-corrected chi connectivity index (χ1v) is 15.2. The highest BCUT2D eigenvalue weighted by Crippen LogP contribution is 2.41. The lowest BCUT2D eigenvalue weighted by molar-refractivity contribution is -0.144. The second-order valence-electron chi connectivity index (χ2n) is 11.0. The Kier molecular flexibility index (Phi) is 7.69. The molecule has 10 heteroatoms. The van der Waals surface area contributed by atoms with Gasteiger partial charge in [-0.05, 0) is 81.0 Å². The van der Waals surface area contributed by atoms with Gasteiger partial charge in [-0.25, -0.2) is 9.37 Å². The molecule has 0 unspecified atom stereocenters. The minimum Gasteiger partial charge on any atom is -0.466 e. The summed E-state index contributed by atoms with van der Waals surface area (Å²) in [6.45, 7) is 3.87. The van der Waals surface area contributed by atoms with Crippen molar-refractivity contribution in [1.82, 2.24) is 9.55 Å². The molecular formula is C32H32FN5O3S. The Balaban J connectivity index is 1.35. The molecule has 0 N–H and O–H groups in total. The number of nitrogens with zero attached hydrogens (tertiary/aromatic N) is 5. The summed E-state index contributed by atoms with van der Waals surface area (Å²) < 4.78 is 20.5. The number of piperidine rings is 1. The Bertz CT molecular complexity index is 1730. The summed E-state index contributed by atoms with van der Waals surface area (Å²) >= 11 is 1.27. The Hall–Kier alpha value is -4.23. The maximum absolute atomic E-state index is 13.6. The zero-order chi connectivity index (χ0) is 29.4. The molecule has 3 heterocycles. The second kappa shape index (κ2) is 11.6. The number of carbonyl (C=O) groups is 1. The zero-order valence-corrected chi connectivity index (χ0v) is 24.5. The van der Waals surface area contributed by atoms with Crippen LogP contribution < -0.4 is 15.4 Å². The van der Waals surface area contributed by atoms with E-state index >= 15 is 0 Å². The van der Waals surface area contributed by atoms with Crippen LogP contribution in [0.5, 0.6) is 0 Å². The second-order valence-corrected chi connectivity index (χ2v) is 12.0. The topological polar surface area (TPSA) is 91.5 Å². The van der Waals surface area contributed by atoms with Gasteiger partial charge < -0.3 is 19.1 Å². The molecule has 0 spiro atoms. The summed E-state index contributed by atoms with van der Waals surface area (Å²) in [6.07, 6.45) is 6.11. The first-order chi connectivity index (χ1) is 20.4. The first kappa shape index (κ1) is 27.9. The molecule has 2 aromatic carbocycles. The monoisotopic (exact) mass is 585 g/mol. The van der Waals surface area contributed by atoms with E-state index in [4.69, 9.17) is 9.72 Å².